The number of halogens is 2. The van der Waals surface area contributed by atoms with Crippen LogP contribution in [0.2, 0.25) is 5.02 Å². The second kappa shape index (κ2) is 9.17. The Hall–Kier alpha value is -2.40. The van der Waals surface area contributed by atoms with E-state index in [1.165, 1.54) is 6.08 Å². The summed E-state index contributed by atoms with van der Waals surface area (Å²) in [6.45, 7) is 1.96. The Morgan fingerprint density at radius 2 is 1.90 bits per heavy atom. The maximum Gasteiger partial charge on any atom is 0.315 e. The van der Waals surface area contributed by atoms with Crippen LogP contribution in [0.1, 0.15) is 44.2 Å². The van der Waals surface area contributed by atoms with Crippen LogP contribution in [0.4, 0.5) is 9.18 Å². The van der Waals surface area contributed by atoms with Crippen molar-refractivity contribution in [1.29, 1.82) is 0 Å². The van der Waals surface area contributed by atoms with Crippen molar-refractivity contribution in [3.63, 3.8) is 0 Å². The largest absolute Gasteiger partial charge is 0.335 e. The summed E-state index contributed by atoms with van der Waals surface area (Å²) >= 11 is 5.93. The zero-order valence-electron chi connectivity index (χ0n) is 17.0. The van der Waals surface area contributed by atoms with Gasteiger partial charge in [-0.1, -0.05) is 29.8 Å². The summed E-state index contributed by atoms with van der Waals surface area (Å²) in [5.41, 5.74) is 1.96. The first-order valence-electron chi connectivity index (χ1n) is 10.6. The fraction of sp³-hybridized carbons (Fsp3) is 0.417. The Kier molecular flexibility index (Phi) is 6.38. The SMILES string of the molecule is C[C@H](NC(=O)N[C@H]1CC[C@H](C2C=CN=C3C=CC(F)=CC32)CC1)c1ccc(Cl)cc1. The third-order valence-corrected chi connectivity index (χ3v) is 6.66. The van der Waals surface area contributed by atoms with Crippen LogP contribution in [-0.4, -0.2) is 17.8 Å². The Morgan fingerprint density at radius 1 is 1.17 bits per heavy atom. The Labute approximate surface area is 182 Å². The van der Waals surface area contributed by atoms with Crippen molar-refractivity contribution in [3.05, 3.63) is 71.2 Å². The third kappa shape index (κ3) is 4.84. The minimum Gasteiger partial charge on any atom is -0.335 e. The van der Waals surface area contributed by atoms with Crippen LogP contribution in [0.5, 0.6) is 0 Å². The number of urea groups is 1. The van der Waals surface area contributed by atoms with Crippen LogP contribution in [-0.2, 0) is 0 Å². The average molecular weight is 428 g/mol. The van der Waals surface area contributed by atoms with Crippen LogP contribution in [0, 0.1) is 17.8 Å². The average Bonchev–Trinajstić information content (AvgIpc) is 2.74. The fourth-order valence-electron chi connectivity index (χ4n) is 4.73. The summed E-state index contributed by atoms with van der Waals surface area (Å²) < 4.78 is 13.8. The highest BCUT2D eigenvalue weighted by Gasteiger charge is 2.35. The van der Waals surface area contributed by atoms with Gasteiger partial charge in [-0.3, -0.25) is 4.99 Å². The molecule has 158 valence electrons. The molecule has 2 N–H and O–H groups in total. The van der Waals surface area contributed by atoms with E-state index in [9.17, 15) is 9.18 Å². The fourth-order valence-corrected chi connectivity index (χ4v) is 4.86. The van der Waals surface area contributed by atoms with Gasteiger partial charge in [-0.05, 0) is 80.4 Å². The lowest BCUT2D eigenvalue weighted by Gasteiger charge is -2.37. The van der Waals surface area contributed by atoms with E-state index in [4.69, 9.17) is 11.6 Å². The van der Waals surface area contributed by atoms with Crippen molar-refractivity contribution in [1.82, 2.24) is 10.6 Å². The van der Waals surface area contributed by atoms with Gasteiger partial charge in [0.25, 0.3) is 0 Å². The molecule has 1 aliphatic heterocycles. The molecule has 30 heavy (non-hydrogen) atoms. The highest BCUT2D eigenvalue weighted by molar-refractivity contribution is 6.30. The third-order valence-electron chi connectivity index (χ3n) is 6.41. The molecule has 1 heterocycles. The standard InChI is InChI=1S/C24H27ClFN3O/c1-15(16-2-6-18(25)7-3-16)28-24(30)29-20-9-4-17(5-10-20)21-12-13-27-23-11-8-19(26)14-22(21)23/h2-3,6-8,11-15,17,20-22H,4-5,9-10H2,1H3,(H2,28,29,30)/t15-,17-,20-,21?,22?/m0/s1. The summed E-state index contributed by atoms with van der Waals surface area (Å²) in [5.74, 6) is 0.591. The van der Waals surface area contributed by atoms with E-state index < -0.39 is 0 Å². The normalized spacial score (nSPS) is 28.8. The van der Waals surface area contributed by atoms with Crippen LogP contribution in [0.25, 0.3) is 0 Å². The second-order valence-electron chi connectivity index (χ2n) is 8.39. The Bertz CT molecular complexity index is 898. The maximum absolute atomic E-state index is 13.8. The van der Waals surface area contributed by atoms with Gasteiger partial charge in [-0.15, -0.1) is 0 Å². The molecule has 2 unspecified atom stereocenters. The van der Waals surface area contributed by atoms with Gasteiger partial charge in [0.15, 0.2) is 0 Å². The molecule has 0 saturated heterocycles. The molecule has 1 aromatic carbocycles. The molecule has 2 amide bonds. The number of amides is 2. The predicted molar refractivity (Wildman–Crippen MR) is 119 cm³/mol. The van der Waals surface area contributed by atoms with E-state index in [0.29, 0.717) is 10.9 Å². The number of benzene rings is 1. The summed E-state index contributed by atoms with van der Waals surface area (Å²) in [7, 11) is 0. The lowest BCUT2D eigenvalue weighted by atomic mass is 9.70. The van der Waals surface area contributed by atoms with Crippen LogP contribution in [0.15, 0.2) is 65.6 Å². The quantitative estimate of drug-likeness (QED) is 0.619. The Morgan fingerprint density at radius 3 is 2.63 bits per heavy atom. The minimum absolute atomic E-state index is 0.0260. The van der Waals surface area contributed by atoms with Crippen molar-refractivity contribution >= 4 is 23.3 Å². The molecule has 1 aromatic rings. The molecular weight excluding hydrogens is 401 g/mol. The molecule has 0 bridgehead atoms. The molecule has 2 aliphatic carbocycles. The number of aliphatic imine (C=N–C) groups is 1. The molecule has 0 spiro atoms. The highest BCUT2D eigenvalue weighted by Crippen LogP contribution is 2.39. The molecule has 4 nitrogen and oxygen atoms in total. The first-order valence-corrected chi connectivity index (χ1v) is 11.0. The summed E-state index contributed by atoms with van der Waals surface area (Å²) in [6, 6.07) is 7.43. The first-order chi connectivity index (χ1) is 14.5. The molecular formula is C24H27ClFN3O. The zero-order valence-corrected chi connectivity index (χ0v) is 17.8. The van der Waals surface area contributed by atoms with Gasteiger partial charge in [0, 0.05) is 28.9 Å². The van der Waals surface area contributed by atoms with Gasteiger partial charge in [-0.25, -0.2) is 9.18 Å². The summed E-state index contributed by atoms with van der Waals surface area (Å²) in [5, 5.41) is 6.80. The number of hydrogen-bond acceptors (Lipinski definition) is 2. The van der Waals surface area contributed by atoms with Crippen molar-refractivity contribution in [2.75, 3.05) is 0 Å². The molecule has 4 rings (SSSR count). The second-order valence-corrected chi connectivity index (χ2v) is 8.82. The van der Waals surface area contributed by atoms with Crippen molar-refractivity contribution in [2.45, 2.75) is 44.7 Å². The molecule has 0 aromatic heterocycles. The first kappa shape index (κ1) is 20.9. The number of rotatable bonds is 4. The van der Waals surface area contributed by atoms with Gasteiger partial charge < -0.3 is 10.6 Å². The van der Waals surface area contributed by atoms with Gasteiger partial charge >= 0.3 is 6.03 Å². The minimum atomic E-state index is -0.180. The maximum atomic E-state index is 13.8. The molecule has 6 heteroatoms. The van der Waals surface area contributed by atoms with Gasteiger partial charge in [0.1, 0.15) is 5.83 Å². The molecule has 1 saturated carbocycles. The molecule has 0 radical (unpaired) electrons. The van der Waals surface area contributed by atoms with Gasteiger partial charge in [0.05, 0.1) is 6.04 Å². The number of fused-ring (bicyclic) bond motifs is 1. The monoisotopic (exact) mass is 427 g/mol. The zero-order chi connectivity index (χ0) is 21.1. The number of carbonyl (C=O) groups excluding carboxylic acids is 1. The number of carbonyl (C=O) groups is 1. The van der Waals surface area contributed by atoms with Crippen molar-refractivity contribution in [2.24, 2.45) is 22.7 Å². The number of hydrogen-bond donors (Lipinski definition) is 2. The molecule has 3 aliphatic rings. The van der Waals surface area contributed by atoms with E-state index in [2.05, 4.69) is 21.7 Å². The van der Waals surface area contributed by atoms with Crippen LogP contribution in [0.3, 0.4) is 0 Å². The lowest BCUT2D eigenvalue weighted by molar-refractivity contribution is 0.210. The van der Waals surface area contributed by atoms with E-state index in [0.717, 1.165) is 37.0 Å². The highest BCUT2D eigenvalue weighted by atomic mass is 35.5. The number of allylic oxidation sites excluding steroid dienone is 5. The van der Waals surface area contributed by atoms with Crippen molar-refractivity contribution in [3.8, 4) is 0 Å². The van der Waals surface area contributed by atoms with E-state index >= 15 is 0 Å². The topological polar surface area (TPSA) is 53.5 Å². The number of nitrogens with zero attached hydrogens (tertiary/aromatic N) is 1. The lowest BCUT2D eigenvalue weighted by Crippen LogP contribution is -2.45. The molecule has 3 atom stereocenters. The Balaban J connectivity index is 1.27. The smallest absolute Gasteiger partial charge is 0.315 e. The van der Waals surface area contributed by atoms with E-state index in [1.54, 1.807) is 12.2 Å². The van der Waals surface area contributed by atoms with Gasteiger partial charge in [0.2, 0.25) is 0 Å². The summed E-state index contributed by atoms with van der Waals surface area (Å²) in [6.07, 6.45) is 12.8. The predicted octanol–water partition coefficient (Wildman–Crippen LogP) is 5.88. The number of nitrogens with one attached hydrogen (secondary N) is 2. The van der Waals surface area contributed by atoms with Crippen molar-refractivity contribution < 1.29 is 9.18 Å². The van der Waals surface area contributed by atoms with E-state index in [1.807, 2.05) is 37.4 Å². The van der Waals surface area contributed by atoms with E-state index in [-0.39, 0.29) is 35.8 Å². The van der Waals surface area contributed by atoms with Gasteiger partial charge in [-0.2, -0.15) is 0 Å². The van der Waals surface area contributed by atoms with Crippen LogP contribution >= 0.6 is 11.6 Å². The summed E-state index contributed by atoms with van der Waals surface area (Å²) in [4.78, 5) is 16.8. The van der Waals surface area contributed by atoms with Crippen LogP contribution < -0.4 is 10.6 Å². The molecule has 1 fully saturated rings.